The van der Waals surface area contributed by atoms with E-state index in [1.54, 1.807) is 18.9 Å². The molecule has 6 nitrogen and oxygen atoms in total. The van der Waals surface area contributed by atoms with Crippen molar-refractivity contribution in [2.75, 3.05) is 20.3 Å². The molecule has 0 aliphatic carbocycles. The first kappa shape index (κ1) is 16.4. The number of aromatic nitrogens is 4. The van der Waals surface area contributed by atoms with Gasteiger partial charge in [0.1, 0.15) is 10.9 Å². The standard InChI is InChI=1S/C13H21N5OS2/c1-5-11-15-13(21-17-11)20-12-10(8-14-6-7-19-4)9(2)16-18(12)3/h14H,5-8H2,1-4H3. The van der Waals surface area contributed by atoms with Gasteiger partial charge in [-0.05, 0) is 30.2 Å². The molecule has 8 heteroatoms. The molecule has 0 aliphatic rings. The highest BCUT2D eigenvalue weighted by Gasteiger charge is 2.16. The fourth-order valence-corrected chi connectivity index (χ4v) is 3.74. The Bertz CT molecular complexity index is 581. The van der Waals surface area contributed by atoms with Crippen molar-refractivity contribution in [3.8, 4) is 0 Å². The van der Waals surface area contributed by atoms with E-state index < -0.39 is 0 Å². The highest BCUT2D eigenvalue weighted by Crippen LogP contribution is 2.32. The predicted molar refractivity (Wildman–Crippen MR) is 84.9 cm³/mol. The molecule has 0 radical (unpaired) electrons. The summed E-state index contributed by atoms with van der Waals surface area (Å²) in [4.78, 5) is 4.51. The van der Waals surface area contributed by atoms with Gasteiger partial charge >= 0.3 is 0 Å². The first-order valence-electron chi connectivity index (χ1n) is 6.88. The Morgan fingerprint density at radius 2 is 2.24 bits per heavy atom. The highest BCUT2D eigenvalue weighted by atomic mass is 32.2. The summed E-state index contributed by atoms with van der Waals surface area (Å²) < 4.78 is 12.3. The topological polar surface area (TPSA) is 64.9 Å². The molecule has 0 amide bonds. The molecule has 2 rings (SSSR count). The molecule has 0 aliphatic heterocycles. The summed E-state index contributed by atoms with van der Waals surface area (Å²) in [5, 5.41) is 9.01. The van der Waals surface area contributed by atoms with Gasteiger partial charge in [0.25, 0.3) is 0 Å². The third-order valence-electron chi connectivity index (χ3n) is 3.02. The van der Waals surface area contributed by atoms with Gasteiger partial charge in [-0.3, -0.25) is 4.68 Å². The average molecular weight is 327 g/mol. The van der Waals surface area contributed by atoms with Gasteiger partial charge in [0.15, 0.2) is 4.34 Å². The number of nitrogens with one attached hydrogen (secondary N) is 1. The maximum absolute atomic E-state index is 5.05. The van der Waals surface area contributed by atoms with Gasteiger partial charge in [-0.1, -0.05) is 6.92 Å². The van der Waals surface area contributed by atoms with Crippen molar-refractivity contribution in [3.63, 3.8) is 0 Å². The predicted octanol–water partition coefficient (Wildman–Crippen LogP) is 2.03. The Morgan fingerprint density at radius 3 is 2.90 bits per heavy atom. The van der Waals surface area contributed by atoms with Crippen LogP contribution < -0.4 is 5.32 Å². The Balaban J connectivity index is 2.10. The molecule has 2 aromatic rings. The van der Waals surface area contributed by atoms with Crippen LogP contribution in [0.3, 0.4) is 0 Å². The number of methoxy groups -OCH3 is 1. The van der Waals surface area contributed by atoms with Crippen LogP contribution in [-0.2, 0) is 24.8 Å². The van der Waals surface area contributed by atoms with Gasteiger partial charge in [-0.2, -0.15) is 9.47 Å². The molecule has 2 aromatic heterocycles. The summed E-state index contributed by atoms with van der Waals surface area (Å²) in [5.41, 5.74) is 2.26. The summed E-state index contributed by atoms with van der Waals surface area (Å²) >= 11 is 3.08. The lowest BCUT2D eigenvalue weighted by molar-refractivity contribution is 0.199. The Labute approximate surface area is 133 Å². The maximum atomic E-state index is 5.05. The summed E-state index contributed by atoms with van der Waals surface area (Å²) in [6.07, 6.45) is 0.868. The van der Waals surface area contributed by atoms with Crippen molar-refractivity contribution in [1.29, 1.82) is 0 Å². The first-order valence-corrected chi connectivity index (χ1v) is 8.47. The number of ether oxygens (including phenoxy) is 1. The zero-order chi connectivity index (χ0) is 15.2. The number of hydrogen-bond donors (Lipinski definition) is 1. The van der Waals surface area contributed by atoms with Crippen LogP contribution in [0.25, 0.3) is 0 Å². The lowest BCUT2D eigenvalue weighted by Gasteiger charge is -2.06. The number of aryl methyl sites for hydroxylation is 3. The highest BCUT2D eigenvalue weighted by molar-refractivity contribution is 8.00. The van der Waals surface area contributed by atoms with Crippen molar-refractivity contribution in [2.45, 2.75) is 36.2 Å². The number of hydrogen-bond acceptors (Lipinski definition) is 7. The zero-order valence-corrected chi connectivity index (χ0v) is 14.5. The molecular weight excluding hydrogens is 306 g/mol. The van der Waals surface area contributed by atoms with E-state index in [0.29, 0.717) is 6.61 Å². The molecule has 0 unspecified atom stereocenters. The van der Waals surface area contributed by atoms with Crippen molar-refractivity contribution >= 4 is 23.3 Å². The zero-order valence-electron chi connectivity index (χ0n) is 12.8. The van der Waals surface area contributed by atoms with E-state index >= 15 is 0 Å². The number of nitrogens with zero attached hydrogens (tertiary/aromatic N) is 4. The minimum atomic E-state index is 0.706. The van der Waals surface area contributed by atoms with Gasteiger partial charge in [0.05, 0.1) is 12.3 Å². The molecule has 0 fully saturated rings. The van der Waals surface area contributed by atoms with Gasteiger partial charge in [-0.15, -0.1) is 0 Å². The minimum Gasteiger partial charge on any atom is -0.383 e. The monoisotopic (exact) mass is 327 g/mol. The van der Waals surface area contributed by atoms with Crippen LogP contribution in [0.2, 0.25) is 0 Å². The average Bonchev–Trinajstić information content (AvgIpc) is 3.02. The first-order chi connectivity index (χ1) is 10.2. The van der Waals surface area contributed by atoms with Crippen LogP contribution in [0.5, 0.6) is 0 Å². The molecule has 0 bridgehead atoms. The van der Waals surface area contributed by atoms with Crippen molar-refractivity contribution in [2.24, 2.45) is 7.05 Å². The van der Waals surface area contributed by atoms with E-state index in [9.17, 15) is 0 Å². The summed E-state index contributed by atoms with van der Waals surface area (Å²) in [6, 6.07) is 0. The van der Waals surface area contributed by atoms with Gasteiger partial charge in [0.2, 0.25) is 0 Å². The van der Waals surface area contributed by atoms with Crippen LogP contribution in [0, 0.1) is 6.92 Å². The number of rotatable bonds is 8. The van der Waals surface area contributed by atoms with Crippen molar-refractivity contribution < 1.29 is 4.74 Å². The fourth-order valence-electron chi connectivity index (χ4n) is 1.91. The maximum Gasteiger partial charge on any atom is 0.176 e. The lowest BCUT2D eigenvalue weighted by atomic mass is 10.2. The van der Waals surface area contributed by atoms with Crippen LogP contribution in [0.4, 0.5) is 0 Å². The van der Waals surface area contributed by atoms with E-state index in [2.05, 4.69) is 26.7 Å². The van der Waals surface area contributed by atoms with Gasteiger partial charge < -0.3 is 10.1 Å². The normalized spacial score (nSPS) is 11.2. The lowest BCUT2D eigenvalue weighted by Crippen LogP contribution is -2.19. The molecule has 0 aromatic carbocycles. The van der Waals surface area contributed by atoms with E-state index in [0.717, 1.165) is 40.4 Å². The van der Waals surface area contributed by atoms with Crippen LogP contribution in [0.1, 0.15) is 24.0 Å². The summed E-state index contributed by atoms with van der Waals surface area (Å²) in [5.74, 6) is 0.904. The van der Waals surface area contributed by atoms with E-state index in [4.69, 9.17) is 4.74 Å². The molecule has 2 heterocycles. The van der Waals surface area contributed by atoms with Crippen LogP contribution >= 0.6 is 23.3 Å². The quantitative estimate of drug-likeness (QED) is 0.749. The molecule has 0 saturated carbocycles. The second-order valence-electron chi connectivity index (χ2n) is 4.59. The van der Waals surface area contributed by atoms with Crippen molar-refractivity contribution in [3.05, 3.63) is 17.1 Å². The smallest absolute Gasteiger partial charge is 0.176 e. The van der Waals surface area contributed by atoms with Crippen LogP contribution in [-0.4, -0.2) is 39.4 Å². The molecule has 1 N–H and O–H groups in total. The third-order valence-corrected chi connectivity index (χ3v) is 5.02. The van der Waals surface area contributed by atoms with Crippen molar-refractivity contribution in [1.82, 2.24) is 24.5 Å². The molecule has 0 saturated heterocycles. The largest absolute Gasteiger partial charge is 0.383 e. The SMILES string of the molecule is CCc1nsc(Sc2c(CNCCOC)c(C)nn2C)n1. The van der Waals surface area contributed by atoms with E-state index in [-0.39, 0.29) is 0 Å². The third kappa shape index (κ3) is 4.26. The second-order valence-corrected chi connectivity index (χ2v) is 6.58. The summed E-state index contributed by atoms with van der Waals surface area (Å²) in [6.45, 7) is 6.42. The van der Waals surface area contributed by atoms with Gasteiger partial charge in [0, 0.05) is 39.2 Å². The molecule has 116 valence electrons. The molecular formula is C13H21N5OS2. The van der Waals surface area contributed by atoms with E-state index in [1.165, 1.54) is 17.1 Å². The summed E-state index contributed by atoms with van der Waals surface area (Å²) in [7, 11) is 3.68. The Morgan fingerprint density at radius 1 is 1.43 bits per heavy atom. The minimum absolute atomic E-state index is 0.706. The molecule has 0 spiro atoms. The molecule has 0 atom stereocenters. The van der Waals surface area contributed by atoms with Crippen LogP contribution in [0.15, 0.2) is 9.37 Å². The Kier molecular flexibility index (Phi) is 6.16. The Hall–Kier alpha value is -0.960. The second kappa shape index (κ2) is 7.88. The van der Waals surface area contributed by atoms with E-state index in [1.807, 2.05) is 18.7 Å². The molecule has 21 heavy (non-hydrogen) atoms. The fraction of sp³-hybridized carbons (Fsp3) is 0.615. The van der Waals surface area contributed by atoms with Gasteiger partial charge in [-0.25, -0.2) is 4.98 Å².